The molecule has 0 radical (unpaired) electrons. The van der Waals surface area contributed by atoms with Gasteiger partial charge in [0.05, 0.1) is 16.6 Å². The summed E-state index contributed by atoms with van der Waals surface area (Å²) in [5.41, 5.74) is -0.356. The second-order valence-electron chi connectivity index (χ2n) is 8.53. The molecule has 1 aliphatic heterocycles. The van der Waals surface area contributed by atoms with E-state index in [0.29, 0.717) is 0 Å². The standard InChI is InChI=1S/C19H23N5O4S2/c1-19(2,3)20-17(25)15-12-7-5-6-8-13(12)30(27,28)23(4)16-14(21-29-22-16)18(26)24(15)11-9-10-11/h5-8,11,15H,9-10H2,1-4H3,(H,20,25). The average Bonchev–Trinajstić information content (AvgIpc) is 3.37. The molecule has 1 N–H and O–H groups in total. The highest BCUT2D eigenvalue weighted by Crippen LogP contribution is 2.41. The van der Waals surface area contributed by atoms with Crippen LogP contribution in [0.15, 0.2) is 29.2 Å². The van der Waals surface area contributed by atoms with E-state index in [1.165, 1.54) is 18.0 Å². The molecule has 4 rings (SSSR count). The zero-order valence-corrected chi connectivity index (χ0v) is 18.7. The Morgan fingerprint density at radius 1 is 1.20 bits per heavy atom. The van der Waals surface area contributed by atoms with Crippen molar-refractivity contribution in [1.29, 1.82) is 0 Å². The highest BCUT2D eigenvalue weighted by atomic mass is 32.2. The monoisotopic (exact) mass is 449 g/mol. The fraction of sp³-hybridized carbons (Fsp3) is 0.474. The maximum absolute atomic E-state index is 13.6. The van der Waals surface area contributed by atoms with Crippen LogP contribution in [-0.2, 0) is 14.8 Å². The smallest absolute Gasteiger partial charge is 0.278 e. The molecular weight excluding hydrogens is 426 g/mol. The van der Waals surface area contributed by atoms with E-state index < -0.39 is 33.4 Å². The van der Waals surface area contributed by atoms with E-state index in [2.05, 4.69) is 14.1 Å². The molecule has 2 heterocycles. The number of nitrogens with zero attached hydrogens (tertiary/aromatic N) is 4. The van der Waals surface area contributed by atoms with Gasteiger partial charge in [-0.3, -0.25) is 9.59 Å². The number of carbonyl (C=O) groups is 2. The van der Waals surface area contributed by atoms with Gasteiger partial charge >= 0.3 is 0 Å². The molecule has 30 heavy (non-hydrogen) atoms. The largest absolute Gasteiger partial charge is 0.349 e. The molecule has 1 unspecified atom stereocenters. The number of benzene rings is 1. The number of nitrogens with one attached hydrogen (secondary N) is 1. The van der Waals surface area contributed by atoms with Gasteiger partial charge in [0.2, 0.25) is 5.91 Å². The van der Waals surface area contributed by atoms with Gasteiger partial charge in [-0.25, -0.2) is 12.7 Å². The number of hydrogen-bond donors (Lipinski definition) is 1. The van der Waals surface area contributed by atoms with Crippen LogP contribution >= 0.6 is 11.7 Å². The number of anilines is 1. The topological polar surface area (TPSA) is 113 Å². The van der Waals surface area contributed by atoms with Crippen molar-refractivity contribution in [1.82, 2.24) is 19.0 Å². The molecule has 1 saturated carbocycles. The third-order valence-electron chi connectivity index (χ3n) is 5.02. The lowest BCUT2D eigenvalue weighted by molar-refractivity contribution is -0.127. The fourth-order valence-corrected chi connectivity index (χ4v) is 5.55. The minimum absolute atomic E-state index is 0.0256. The summed E-state index contributed by atoms with van der Waals surface area (Å²) in [6.45, 7) is 5.51. The van der Waals surface area contributed by atoms with E-state index >= 15 is 0 Å². The zero-order valence-electron chi connectivity index (χ0n) is 17.1. The summed E-state index contributed by atoms with van der Waals surface area (Å²) in [5, 5.41) is 2.91. The van der Waals surface area contributed by atoms with Crippen molar-refractivity contribution in [2.45, 2.75) is 56.1 Å². The molecular formula is C19H23N5O4S2. The van der Waals surface area contributed by atoms with Crippen LogP contribution in [0.25, 0.3) is 0 Å². The number of rotatable bonds is 2. The number of sulfonamides is 1. The van der Waals surface area contributed by atoms with Crippen LogP contribution in [0, 0.1) is 0 Å². The second kappa shape index (κ2) is 7.02. The lowest BCUT2D eigenvalue weighted by Crippen LogP contribution is -2.50. The predicted molar refractivity (Wildman–Crippen MR) is 112 cm³/mol. The quantitative estimate of drug-likeness (QED) is 0.750. The predicted octanol–water partition coefficient (Wildman–Crippen LogP) is 1.94. The summed E-state index contributed by atoms with van der Waals surface area (Å²) < 4.78 is 36.0. The Labute approximate surface area is 179 Å². The first-order chi connectivity index (χ1) is 14.0. The van der Waals surface area contributed by atoms with Gasteiger partial charge in [-0.2, -0.15) is 8.75 Å². The summed E-state index contributed by atoms with van der Waals surface area (Å²) in [6, 6.07) is 5.06. The van der Waals surface area contributed by atoms with Crippen molar-refractivity contribution in [2.75, 3.05) is 11.4 Å². The number of amides is 2. The molecule has 9 nitrogen and oxygen atoms in total. The third-order valence-corrected chi connectivity index (χ3v) is 7.36. The van der Waals surface area contributed by atoms with Gasteiger partial charge in [-0.1, -0.05) is 18.2 Å². The van der Waals surface area contributed by atoms with E-state index in [-0.39, 0.29) is 28.0 Å². The first-order valence-electron chi connectivity index (χ1n) is 9.57. The maximum Gasteiger partial charge on any atom is 0.278 e. The summed E-state index contributed by atoms with van der Waals surface area (Å²) in [6.07, 6.45) is 1.48. The molecule has 160 valence electrons. The van der Waals surface area contributed by atoms with Gasteiger partial charge < -0.3 is 10.2 Å². The van der Waals surface area contributed by atoms with Gasteiger partial charge in [0.25, 0.3) is 15.9 Å². The average molecular weight is 450 g/mol. The fourth-order valence-electron chi connectivity index (χ4n) is 3.55. The van der Waals surface area contributed by atoms with Crippen LogP contribution in [0.3, 0.4) is 0 Å². The van der Waals surface area contributed by atoms with Crippen molar-refractivity contribution in [2.24, 2.45) is 0 Å². The molecule has 0 bridgehead atoms. The third kappa shape index (κ3) is 3.45. The minimum Gasteiger partial charge on any atom is -0.349 e. The summed E-state index contributed by atoms with van der Waals surface area (Å²) >= 11 is 0.770. The Kier molecular flexibility index (Phi) is 4.85. The molecule has 1 aromatic carbocycles. The molecule has 1 atom stereocenters. The summed E-state index contributed by atoms with van der Waals surface area (Å²) in [4.78, 5) is 28.5. The number of aromatic nitrogens is 2. The summed E-state index contributed by atoms with van der Waals surface area (Å²) in [7, 11) is -2.73. The number of hydrogen-bond acceptors (Lipinski definition) is 7. The highest BCUT2D eigenvalue weighted by molar-refractivity contribution is 7.92. The van der Waals surface area contributed by atoms with Gasteiger partial charge in [-0.15, -0.1) is 0 Å². The van der Waals surface area contributed by atoms with Crippen LogP contribution in [0.2, 0.25) is 0 Å². The van der Waals surface area contributed by atoms with Gasteiger partial charge in [0.15, 0.2) is 11.5 Å². The minimum atomic E-state index is -4.07. The van der Waals surface area contributed by atoms with Gasteiger partial charge in [0.1, 0.15) is 6.04 Å². The maximum atomic E-state index is 13.6. The van der Waals surface area contributed by atoms with E-state index in [1.54, 1.807) is 18.2 Å². The van der Waals surface area contributed by atoms with E-state index in [4.69, 9.17) is 0 Å². The van der Waals surface area contributed by atoms with Crippen LogP contribution < -0.4 is 9.62 Å². The Hall–Kier alpha value is -2.53. The molecule has 2 aliphatic rings. The number of carbonyl (C=O) groups excluding carboxylic acids is 2. The Morgan fingerprint density at radius 3 is 2.50 bits per heavy atom. The molecule has 1 fully saturated rings. The van der Waals surface area contributed by atoms with Crippen molar-refractivity contribution in [3.05, 3.63) is 35.5 Å². The van der Waals surface area contributed by atoms with Crippen LogP contribution in [0.4, 0.5) is 5.82 Å². The van der Waals surface area contributed by atoms with Crippen LogP contribution in [0.5, 0.6) is 0 Å². The lowest BCUT2D eigenvalue weighted by Gasteiger charge is -2.33. The SMILES string of the molecule is CN1c2nsnc2C(=O)N(C2CC2)C(C(=O)NC(C)(C)C)c2ccccc2S1(=O)=O. The van der Waals surface area contributed by atoms with E-state index in [9.17, 15) is 18.0 Å². The van der Waals surface area contributed by atoms with Crippen LogP contribution in [0.1, 0.15) is 55.7 Å². The molecule has 2 amide bonds. The molecule has 0 saturated heterocycles. The van der Waals surface area contributed by atoms with Crippen molar-refractivity contribution >= 4 is 39.4 Å². The van der Waals surface area contributed by atoms with Gasteiger partial charge in [0, 0.05) is 24.2 Å². The Bertz CT molecular complexity index is 1120. The molecule has 1 aromatic heterocycles. The molecule has 1 aliphatic carbocycles. The van der Waals surface area contributed by atoms with Crippen molar-refractivity contribution in [3.8, 4) is 0 Å². The highest BCUT2D eigenvalue weighted by Gasteiger charge is 2.47. The first-order valence-corrected chi connectivity index (χ1v) is 11.7. The molecule has 0 spiro atoms. The second-order valence-corrected chi connectivity index (χ2v) is 11.0. The zero-order chi connectivity index (χ0) is 21.8. The van der Waals surface area contributed by atoms with E-state index in [1.807, 2.05) is 20.8 Å². The summed E-state index contributed by atoms with van der Waals surface area (Å²) in [5.74, 6) is -0.948. The van der Waals surface area contributed by atoms with Crippen molar-refractivity contribution < 1.29 is 18.0 Å². The van der Waals surface area contributed by atoms with Gasteiger partial charge in [-0.05, 0) is 39.7 Å². The molecule has 11 heteroatoms. The Balaban J connectivity index is 2.01. The first kappa shape index (κ1) is 20.7. The Morgan fingerprint density at radius 2 is 1.87 bits per heavy atom. The van der Waals surface area contributed by atoms with E-state index in [0.717, 1.165) is 28.9 Å². The number of fused-ring (bicyclic) bond motifs is 2. The lowest BCUT2D eigenvalue weighted by atomic mass is 10.0. The molecule has 2 aromatic rings. The van der Waals surface area contributed by atoms with Crippen molar-refractivity contribution in [3.63, 3.8) is 0 Å². The van der Waals surface area contributed by atoms with Crippen LogP contribution in [-0.4, -0.2) is 52.5 Å². The normalized spacial score (nSPS) is 21.2.